The van der Waals surface area contributed by atoms with E-state index in [0.29, 0.717) is 6.04 Å². The number of carbonyl (C=O) groups is 1. The number of hydrogen-bond donors (Lipinski definition) is 1. The molecule has 1 aromatic rings. The lowest BCUT2D eigenvalue weighted by Crippen LogP contribution is -2.44. The van der Waals surface area contributed by atoms with Gasteiger partial charge in [-0.1, -0.05) is 15.9 Å². The minimum absolute atomic E-state index is 0.00905. The standard InChI is InChI=1S/C13H16Br2N2O/c1-9-4-2-3-7-17(9)13(18)16-12-6-5-10(14)8-11(12)15/h5-6,8-9H,2-4,7H2,1H3,(H,16,18). The van der Waals surface area contributed by atoms with Crippen molar-refractivity contribution in [3.05, 3.63) is 27.1 Å². The number of amides is 2. The van der Waals surface area contributed by atoms with Gasteiger partial charge in [-0.3, -0.25) is 0 Å². The number of hydrogen-bond acceptors (Lipinski definition) is 1. The van der Waals surface area contributed by atoms with E-state index in [0.717, 1.165) is 34.0 Å². The van der Waals surface area contributed by atoms with Gasteiger partial charge in [0.25, 0.3) is 0 Å². The summed E-state index contributed by atoms with van der Waals surface area (Å²) in [6.07, 6.45) is 3.40. The highest BCUT2D eigenvalue weighted by atomic mass is 79.9. The predicted octanol–water partition coefficient (Wildman–Crippen LogP) is 4.62. The Morgan fingerprint density at radius 3 is 2.83 bits per heavy atom. The second kappa shape index (κ2) is 6.06. The fraction of sp³-hybridized carbons (Fsp3) is 0.462. The van der Waals surface area contributed by atoms with Crippen molar-refractivity contribution in [2.24, 2.45) is 0 Å². The topological polar surface area (TPSA) is 32.3 Å². The number of piperidine rings is 1. The lowest BCUT2D eigenvalue weighted by Gasteiger charge is -2.33. The van der Waals surface area contributed by atoms with E-state index in [9.17, 15) is 4.79 Å². The summed E-state index contributed by atoms with van der Waals surface area (Å²) in [5, 5.41) is 2.96. The highest BCUT2D eigenvalue weighted by Crippen LogP contribution is 2.27. The maximum atomic E-state index is 12.2. The van der Waals surface area contributed by atoms with Crippen LogP contribution in [0.2, 0.25) is 0 Å². The second-order valence-corrected chi connectivity index (χ2v) is 6.36. The summed E-state index contributed by atoms with van der Waals surface area (Å²) in [7, 11) is 0. The highest BCUT2D eigenvalue weighted by Gasteiger charge is 2.23. The van der Waals surface area contributed by atoms with Gasteiger partial charge in [0.15, 0.2) is 0 Å². The molecule has 1 fully saturated rings. The van der Waals surface area contributed by atoms with Crippen LogP contribution in [0.3, 0.4) is 0 Å². The average molecular weight is 376 g/mol. The van der Waals surface area contributed by atoms with Crippen molar-refractivity contribution in [3.8, 4) is 0 Å². The molecule has 1 heterocycles. The average Bonchev–Trinajstić information content (AvgIpc) is 2.33. The molecular weight excluding hydrogens is 360 g/mol. The zero-order chi connectivity index (χ0) is 13.1. The Bertz CT molecular complexity index is 451. The maximum Gasteiger partial charge on any atom is 0.322 e. The zero-order valence-electron chi connectivity index (χ0n) is 10.2. The number of nitrogens with one attached hydrogen (secondary N) is 1. The number of urea groups is 1. The molecule has 5 heteroatoms. The highest BCUT2D eigenvalue weighted by molar-refractivity contribution is 9.11. The molecule has 0 spiro atoms. The van der Waals surface area contributed by atoms with Crippen molar-refractivity contribution in [3.63, 3.8) is 0 Å². The van der Waals surface area contributed by atoms with Crippen molar-refractivity contribution >= 4 is 43.6 Å². The van der Waals surface area contributed by atoms with Crippen molar-refractivity contribution < 1.29 is 4.79 Å². The van der Waals surface area contributed by atoms with E-state index in [2.05, 4.69) is 44.1 Å². The van der Waals surface area contributed by atoms with Gasteiger partial charge in [-0.25, -0.2) is 4.79 Å². The van der Waals surface area contributed by atoms with Gasteiger partial charge in [-0.15, -0.1) is 0 Å². The van der Waals surface area contributed by atoms with E-state index in [1.54, 1.807) is 0 Å². The number of halogens is 2. The first-order valence-corrected chi connectivity index (χ1v) is 7.69. The molecule has 0 bridgehead atoms. The summed E-state index contributed by atoms with van der Waals surface area (Å²) in [5.74, 6) is 0. The van der Waals surface area contributed by atoms with Gasteiger partial charge in [0.2, 0.25) is 0 Å². The van der Waals surface area contributed by atoms with E-state index in [4.69, 9.17) is 0 Å². The Morgan fingerprint density at radius 1 is 1.39 bits per heavy atom. The molecule has 98 valence electrons. The molecule has 3 nitrogen and oxygen atoms in total. The van der Waals surface area contributed by atoms with Crippen LogP contribution in [0.15, 0.2) is 27.1 Å². The summed E-state index contributed by atoms with van der Waals surface area (Å²) in [6, 6.07) is 6.05. The van der Waals surface area contributed by atoms with Gasteiger partial charge in [0.1, 0.15) is 0 Å². The van der Waals surface area contributed by atoms with E-state index in [1.165, 1.54) is 6.42 Å². The van der Waals surface area contributed by atoms with Crippen LogP contribution in [0, 0.1) is 0 Å². The first-order chi connectivity index (χ1) is 8.58. The Hall–Kier alpha value is -0.550. The number of likely N-dealkylation sites (tertiary alicyclic amines) is 1. The third-order valence-electron chi connectivity index (χ3n) is 3.24. The normalized spacial score (nSPS) is 19.7. The molecule has 1 unspecified atom stereocenters. The van der Waals surface area contributed by atoms with Gasteiger partial charge in [0.05, 0.1) is 5.69 Å². The fourth-order valence-corrected chi connectivity index (χ4v) is 3.32. The van der Waals surface area contributed by atoms with Crippen molar-refractivity contribution in [1.82, 2.24) is 4.90 Å². The maximum absolute atomic E-state index is 12.2. The second-order valence-electron chi connectivity index (χ2n) is 4.59. The van der Waals surface area contributed by atoms with Gasteiger partial charge >= 0.3 is 6.03 Å². The molecule has 1 atom stereocenters. The van der Waals surface area contributed by atoms with E-state index in [1.807, 2.05) is 23.1 Å². The molecule has 18 heavy (non-hydrogen) atoms. The van der Waals surface area contributed by atoms with Crippen LogP contribution in [0.5, 0.6) is 0 Å². The summed E-state index contributed by atoms with van der Waals surface area (Å²) in [6.45, 7) is 2.95. The van der Waals surface area contributed by atoms with E-state index < -0.39 is 0 Å². The third kappa shape index (κ3) is 3.26. The Labute approximate surface area is 124 Å². The third-order valence-corrected chi connectivity index (χ3v) is 4.39. The van der Waals surface area contributed by atoms with Crippen LogP contribution in [-0.4, -0.2) is 23.5 Å². The van der Waals surface area contributed by atoms with Crippen LogP contribution in [-0.2, 0) is 0 Å². The molecule has 1 saturated heterocycles. The molecule has 0 saturated carbocycles. The van der Waals surface area contributed by atoms with Crippen LogP contribution < -0.4 is 5.32 Å². The van der Waals surface area contributed by atoms with Crippen LogP contribution in [0.1, 0.15) is 26.2 Å². The summed E-state index contributed by atoms with van der Waals surface area (Å²) >= 11 is 6.85. The number of carbonyl (C=O) groups excluding carboxylic acids is 1. The lowest BCUT2D eigenvalue weighted by atomic mass is 10.0. The Balaban J connectivity index is 2.06. The summed E-state index contributed by atoms with van der Waals surface area (Å²) in [5.41, 5.74) is 0.806. The number of anilines is 1. The molecule has 1 aliphatic heterocycles. The largest absolute Gasteiger partial charge is 0.322 e. The van der Waals surface area contributed by atoms with Crippen LogP contribution in [0.25, 0.3) is 0 Å². The Morgan fingerprint density at radius 2 is 2.17 bits per heavy atom. The van der Waals surface area contributed by atoms with Gasteiger partial charge in [-0.05, 0) is 60.3 Å². The first-order valence-electron chi connectivity index (χ1n) is 6.10. The molecule has 0 aromatic heterocycles. The van der Waals surface area contributed by atoms with Crippen molar-refractivity contribution in [2.45, 2.75) is 32.2 Å². The summed E-state index contributed by atoms with van der Waals surface area (Å²) in [4.78, 5) is 14.1. The van der Waals surface area contributed by atoms with Gasteiger partial charge < -0.3 is 10.2 Å². The molecule has 2 amide bonds. The van der Waals surface area contributed by atoms with Crippen molar-refractivity contribution in [1.29, 1.82) is 0 Å². The predicted molar refractivity (Wildman–Crippen MR) is 80.9 cm³/mol. The minimum atomic E-state index is -0.00905. The van der Waals surface area contributed by atoms with Gasteiger partial charge in [-0.2, -0.15) is 0 Å². The molecule has 1 aliphatic rings. The smallest absolute Gasteiger partial charge is 0.322 e. The zero-order valence-corrected chi connectivity index (χ0v) is 13.4. The molecular formula is C13H16Br2N2O. The lowest BCUT2D eigenvalue weighted by molar-refractivity contribution is 0.170. The number of rotatable bonds is 1. The molecule has 1 aromatic carbocycles. The van der Waals surface area contributed by atoms with Crippen LogP contribution in [0.4, 0.5) is 10.5 Å². The first kappa shape index (κ1) is 13.9. The monoisotopic (exact) mass is 374 g/mol. The number of benzene rings is 1. The Kier molecular flexibility index (Phi) is 4.67. The molecule has 0 radical (unpaired) electrons. The molecule has 0 aliphatic carbocycles. The van der Waals surface area contributed by atoms with Crippen LogP contribution >= 0.6 is 31.9 Å². The summed E-state index contributed by atoms with van der Waals surface area (Å²) < 4.78 is 1.87. The minimum Gasteiger partial charge on any atom is -0.322 e. The van der Waals surface area contributed by atoms with Gasteiger partial charge in [0, 0.05) is 21.5 Å². The SMILES string of the molecule is CC1CCCCN1C(=O)Nc1ccc(Br)cc1Br. The quantitative estimate of drug-likeness (QED) is 0.763. The van der Waals surface area contributed by atoms with Crippen molar-refractivity contribution in [2.75, 3.05) is 11.9 Å². The fourth-order valence-electron chi connectivity index (χ4n) is 2.18. The number of nitrogens with zero attached hydrogens (tertiary/aromatic N) is 1. The van der Waals surface area contributed by atoms with E-state index in [-0.39, 0.29) is 6.03 Å². The molecule has 1 N–H and O–H groups in total. The van der Waals surface area contributed by atoms with E-state index >= 15 is 0 Å². The molecule has 2 rings (SSSR count).